The molecule has 0 aliphatic rings. The van der Waals surface area contributed by atoms with E-state index in [0.717, 1.165) is 50.1 Å². The maximum atomic E-state index is 6.79. The summed E-state index contributed by atoms with van der Waals surface area (Å²) in [7, 11) is 0. The molecule has 55 heavy (non-hydrogen) atoms. The summed E-state index contributed by atoms with van der Waals surface area (Å²) >= 11 is 0. The molecular formula is C53H37NO. The normalized spacial score (nSPS) is 11.6. The molecule has 1 aromatic heterocycles. The Hall–Kier alpha value is -7.16. The fourth-order valence-corrected chi connectivity index (χ4v) is 8.46. The van der Waals surface area contributed by atoms with E-state index < -0.39 is 5.41 Å². The predicted octanol–water partition coefficient (Wildman–Crippen LogP) is 14.3. The van der Waals surface area contributed by atoms with Crippen LogP contribution in [0.25, 0.3) is 43.8 Å². The zero-order valence-electron chi connectivity index (χ0n) is 30.2. The first-order valence-corrected chi connectivity index (χ1v) is 18.8. The average Bonchev–Trinajstić information content (AvgIpc) is 3.65. The number of furan rings is 1. The quantitative estimate of drug-likeness (QED) is 0.147. The SMILES string of the molecule is c1ccc(N(c2ccc(C(c3ccccc3)(c3ccccc3)c3cccc4c3oc3ccccc34)cc2)c2cccc(-c3ccc4ccccc4c3)c2)cc1. The van der Waals surface area contributed by atoms with Crippen molar-refractivity contribution >= 4 is 49.8 Å². The van der Waals surface area contributed by atoms with Gasteiger partial charge in [0, 0.05) is 33.4 Å². The molecule has 0 N–H and O–H groups in total. The number of rotatable bonds is 8. The van der Waals surface area contributed by atoms with E-state index in [9.17, 15) is 0 Å². The lowest BCUT2D eigenvalue weighted by molar-refractivity contribution is 0.645. The summed E-state index contributed by atoms with van der Waals surface area (Å²) in [5.74, 6) is 0. The molecule has 260 valence electrons. The van der Waals surface area contributed by atoms with E-state index in [0.29, 0.717) is 0 Å². The topological polar surface area (TPSA) is 16.4 Å². The third-order valence-electron chi connectivity index (χ3n) is 11.0. The second-order valence-electron chi connectivity index (χ2n) is 14.1. The van der Waals surface area contributed by atoms with Crippen molar-refractivity contribution in [1.82, 2.24) is 0 Å². The smallest absolute Gasteiger partial charge is 0.140 e. The Morgan fingerprint density at radius 2 is 0.891 bits per heavy atom. The van der Waals surface area contributed by atoms with Gasteiger partial charge in [0.25, 0.3) is 0 Å². The van der Waals surface area contributed by atoms with Crippen molar-refractivity contribution in [1.29, 1.82) is 0 Å². The summed E-state index contributed by atoms with van der Waals surface area (Å²) in [6, 6.07) is 80.6. The summed E-state index contributed by atoms with van der Waals surface area (Å²) in [4.78, 5) is 2.35. The van der Waals surface area contributed by atoms with Crippen LogP contribution in [0.15, 0.2) is 229 Å². The first-order valence-electron chi connectivity index (χ1n) is 18.8. The van der Waals surface area contributed by atoms with Crippen LogP contribution in [0.3, 0.4) is 0 Å². The summed E-state index contributed by atoms with van der Waals surface area (Å²) in [6.45, 7) is 0. The van der Waals surface area contributed by atoms with Crippen LogP contribution in [0.5, 0.6) is 0 Å². The van der Waals surface area contributed by atoms with Crippen molar-refractivity contribution in [3.63, 3.8) is 0 Å². The standard InChI is InChI=1S/C53H37NO/c1-4-19-42(20-5-1)53(43-21-6-2-7-22-43,50-28-15-27-49-48-26-12-13-29-51(48)55-52(49)50)44-32-34-46(35-33-44)54(45-23-8-3-9-24-45)47-25-14-18-40(37-47)41-31-30-38-16-10-11-17-39(38)36-41/h1-37H. The fourth-order valence-electron chi connectivity index (χ4n) is 8.46. The molecule has 0 unspecified atom stereocenters. The van der Waals surface area contributed by atoms with Crippen molar-refractivity contribution in [3.05, 3.63) is 247 Å². The van der Waals surface area contributed by atoms with Gasteiger partial charge in [-0.1, -0.05) is 176 Å². The van der Waals surface area contributed by atoms with Gasteiger partial charge in [-0.2, -0.15) is 0 Å². The van der Waals surface area contributed by atoms with E-state index in [2.05, 4.69) is 223 Å². The largest absolute Gasteiger partial charge is 0.456 e. The minimum atomic E-state index is -0.679. The summed E-state index contributed by atoms with van der Waals surface area (Å²) in [5, 5.41) is 4.71. The van der Waals surface area contributed by atoms with Gasteiger partial charge in [-0.05, 0) is 87.1 Å². The van der Waals surface area contributed by atoms with E-state index >= 15 is 0 Å². The Morgan fingerprint density at radius 3 is 1.64 bits per heavy atom. The molecule has 0 bridgehead atoms. The highest BCUT2D eigenvalue weighted by Gasteiger charge is 2.40. The maximum Gasteiger partial charge on any atom is 0.140 e. The highest BCUT2D eigenvalue weighted by Crippen LogP contribution is 2.49. The number of hydrogen-bond acceptors (Lipinski definition) is 2. The Bertz CT molecular complexity index is 2870. The van der Waals surface area contributed by atoms with Gasteiger partial charge in [-0.15, -0.1) is 0 Å². The zero-order valence-corrected chi connectivity index (χ0v) is 30.2. The van der Waals surface area contributed by atoms with Crippen molar-refractivity contribution in [3.8, 4) is 11.1 Å². The minimum Gasteiger partial charge on any atom is -0.456 e. The van der Waals surface area contributed by atoms with Crippen LogP contribution in [-0.2, 0) is 5.41 Å². The molecule has 2 heteroatoms. The van der Waals surface area contributed by atoms with E-state index in [1.807, 2.05) is 6.07 Å². The van der Waals surface area contributed by atoms with Crippen molar-refractivity contribution < 1.29 is 4.42 Å². The van der Waals surface area contributed by atoms with Crippen LogP contribution in [0, 0.1) is 0 Å². The van der Waals surface area contributed by atoms with Crippen LogP contribution >= 0.6 is 0 Å². The van der Waals surface area contributed by atoms with E-state index in [1.165, 1.54) is 33.0 Å². The van der Waals surface area contributed by atoms with E-state index in [4.69, 9.17) is 4.42 Å². The molecule has 0 spiro atoms. The molecule has 0 saturated carbocycles. The van der Waals surface area contributed by atoms with Crippen LogP contribution < -0.4 is 4.90 Å². The summed E-state index contributed by atoms with van der Waals surface area (Å²) < 4.78 is 6.79. The first kappa shape index (κ1) is 32.5. The first-order chi connectivity index (χ1) is 27.3. The summed E-state index contributed by atoms with van der Waals surface area (Å²) in [6.07, 6.45) is 0. The minimum absolute atomic E-state index is 0.679. The lowest BCUT2D eigenvalue weighted by Crippen LogP contribution is -2.31. The van der Waals surface area contributed by atoms with Gasteiger partial charge < -0.3 is 9.32 Å². The van der Waals surface area contributed by atoms with Crippen LogP contribution in [0.4, 0.5) is 17.1 Å². The molecule has 0 aliphatic heterocycles. The molecule has 2 nitrogen and oxygen atoms in total. The Morgan fingerprint density at radius 1 is 0.345 bits per heavy atom. The van der Waals surface area contributed by atoms with Gasteiger partial charge in [0.1, 0.15) is 11.2 Å². The molecule has 10 rings (SSSR count). The van der Waals surface area contributed by atoms with Crippen molar-refractivity contribution in [2.45, 2.75) is 5.41 Å². The third kappa shape index (κ3) is 5.59. The third-order valence-corrected chi connectivity index (χ3v) is 11.0. The molecule has 0 saturated heterocycles. The van der Waals surface area contributed by atoms with Gasteiger partial charge in [0.2, 0.25) is 0 Å². The number of anilines is 3. The number of benzene rings is 9. The Balaban J connectivity index is 1.17. The monoisotopic (exact) mass is 703 g/mol. The zero-order chi connectivity index (χ0) is 36.6. The fraction of sp³-hybridized carbons (Fsp3) is 0.0189. The highest BCUT2D eigenvalue weighted by atomic mass is 16.3. The average molecular weight is 704 g/mol. The van der Waals surface area contributed by atoms with Crippen LogP contribution in [0.1, 0.15) is 22.3 Å². The van der Waals surface area contributed by atoms with Gasteiger partial charge in [-0.3, -0.25) is 0 Å². The lowest BCUT2D eigenvalue weighted by atomic mass is 9.65. The maximum absolute atomic E-state index is 6.79. The molecule has 10 aromatic rings. The van der Waals surface area contributed by atoms with Crippen molar-refractivity contribution in [2.75, 3.05) is 4.90 Å². The van der Waals surface area contributed by atoms with E-state index in [1.54, 1.807) is 0 Å². The Kier molecular flexibility index (Phi) is 8.08. The molecule has 0 atom stereocenters. The van der Waals surface area contributed by atoms with Gasteiger partial charge in [-0.25, -0.2) is 0 Å². The second kappa shape index (κ2) is 13.7. The molecule has 0 amide bonds. The number of para-hydroxylation sites is 3. The van der Waals surface area contributed by atoms with Gasteiger partial charge in [0.05, 0.1) is 5.41 Å². The summed E-state index contributed by atoms with van der Waals surface area (Å²) in [5.41, 5.74) is 11.3. The number of fused-ring (bicyclic) bond motifs is 4. The molecular weight excluding hydrogens is 667 g/mol. The van der Waals surface area contributed by atoms with Gasteiger partial charge >= 0.3 is 0 Å². The molecule has 0 radical (unpaired) electrons. The van der Waals surface area contributed by atoms with Crippen LogP contribution in [-0.4, -0.2) is 0 Å². The van der Waals surface area contributed by atoms with Crippen molar-refractivity contribution in [2.24, 2.45) is 0 Å². The molecule has 0 fully saturated rings. The lowest BCUT2D eigenvalue weighted by Gasteiger charge is -2.37. The molecule has 9 aromatic carbocycles. The van der Waals surface area contributed by atoms with Gasteiger partial charge in [0.15, 0.2) is 0 Å². The number of hydrogen-bond donors (Lipinski definition) is 0. The number of nitrogens with zero attached hydrogens (tertiary/aromatic N) is 1. The van der Waals surface area contributed by atoms with E-state index in [-0.39, 0.29) is 0 Å². The Labute approximate surface area is 321 Å². The molecule has 1 heterocycles. The molecule has 0 aliphatic carbocycles. The van der Waals surface area contributed by atoms with Crippen LogP contribution in [0.2, 0.25) is 0 Å². The second-order valence-corrected chi connectivity index (χ2v) is 14.1. The highest BCUT2D eigenvalue weighted by molar-refractivity contribution is 6.06. The predicted molar refractivity (Wildman–Crippen MR) is 230 cm³/mol.